The number of anilines is 1. The van der Waals surface area contributed by atoms with Gasteiger partial charge in [-0.2, -0.15) is 0 Å². The Balaban J connectivity index is 1.74. The minimum absolute atomic E-state index is 0.100. The van der Waals surface area contributed by atoms with Gasteiger partial charge < -0.3 is 10.6 Å². The van der Waals surface area contributed by atoms with Gasteiger partial charge in [-0.3, -0.25) is 14.2 Å². The molecule has 0 bridgehead atoms. The lowest BCUT2D eigenvalue weighted by Crippen LogP contribution is -2.35. The first-order valence-electron chi connectivity index (χ1n) is 8.92. The number of nitrogens with zero attached hydrogens (tertiary/aromatic N) is 3. The van der Waals surface area contributed by atoms with Crippen LogP contribution in [0.4, 0.5) is 5.69 Å². The molecule has 0 unspecified atom stereocenters. The topological polar surface area (TPSA) is 81.2 Å². The number of primary amides is 1. The van der Waals surface area contributed by atoms with Crippen molar-refractivity contribution in [2.24, 2.45) is 5.73 Å². The van der Waals surface area contributed by atoms with Gasteiger partial charge in [0.15, 0.2) is 5.16 Å². The van der Waals surface area contributed by atoms with Crippen LogP contribution in [0.2, 0.25) is 0 Å². The van der Waals surface area contributed by atoms with Crippen molar-refractivity contribution in [2.45, 2.75) is 18.5 Å². The molecular formula is C21H22N4O2S. The standard InChI is InChI=1S/C21H22N4O2S/c1-16-7-5-6-10-18(16)25-14-12-23-21(25)28-15-20(27)24(13-11-19(22)26)17-8-3-2-4-9-17/h2-10,12,14H,11,13,15H2,1H3,(H2,22,26). The van der Waals surface area contributed by atoms with E-state index in [1.807, 2.05) is 72.3 Å². The number of aromatic nitrogens is 2. The van der Waals surface area contributed by atoms with Crippen molar-refractivity contribution in [1.29, 1.82) is 0 Å². The van der Waals surface area contributed by atoms with E-state index in [0.717, 1.165) is 22.1 Å². The Labute approximate surface area is 168 Å². The second-order valence-corrected chi connectivity index (χ2v) is 7.19. The molecule has 0 spiro atoms. The molecule has 0 fully saturated rings. The summed E-state index contributed by atoms with van der Waals surface area (Å²) in [5.41, 5.74) is 8.18. The molecule has 0 aliphatic heterocycles. The molecule has 0 saturated carbocycles. The van der Waals surface area contributed by atoms with E-state index in [4.69, 9.17) is 5.73 Å². The van der Waals surface area contributed by atoms with Crippen LogP contribution in [0.15, 0.2) is 72.1 Å². The number of aryl methyl sites for hydroxylation is 1. The lowest BCUT2D eigenvalue weighted by atomic mass is 10.2. The van der Waals surface area contributed by atoms with Gasteiger partial charge in [-0.15, -0.1) is 0 Å². The van der Waals surface area contributed by atoms with Crippen LogP contribution in [0, 0.1) is 6.92 Å². The summed E-state index contributed by atoms with van der Waals surface area (Å²) >= 11 is 1.37. The predicted octanol–water partition coefficient (Wildman–Crippen LogP) is 3.18. The average molecular weight is 395 g/mol. The Bertz CT molecular complexity index is 956. The van der Waals surface area contributed by atoms with Crippen LogP contribution in [-0.2, 0) is 9.59 Å². The lowest BCUT2D eigenvalue weighted by Gasteiger charge is -2.22. The average Bonchev–Trinajstić information content (AvgIpc) is 3.16. The summed E-state index contributed by atoms with van der Waals surface area (Å²) < 4.78 is 1.98. The number of amides is 2. The van der Waals surface area contributed by atoms with Crippen molar-refractivity contribution >= 4 is 29.3 Å². The zero-order chi connectivity index (χ0) is 19.9. The summed E-state index contributed by atoms with van der Waals surface area (Å²) in [6.45, 7) is 2.29. The Morgan fingerprint density at radius 3 is 2.54 bits per heavy atom. The van der Waals surface area contributed by atoms with E-state index in [1.54, 1.807) is 11.1 Å². The fourth-order valence-corrected chi connectivity index (χ4v) is 3.69. The van der Waals surface area contributed by atoms with Crippen LogP contribution >= 0.6 is 11.8 Å². The van der Waals surface area contributed by atoms with Crippen molar-refractivity contribution in [3.8, 4) is 5.69 Å². The number of hydrogen-bond acceptors (Lipinski definition) is 4. The first-order valence-corrected chi connectivity index (χ1v) is 9.90. The van der Waals surface area contributed by atoms with Crippen molar-refractivity contribution in [1.82, 2.24) is 9.55 Å². The molecule has 2 amide bonds. The summed E-state index contributed by atoms with van der Waals surface area (Å²) in [5, 5.41) is 0.741. The number of hydrogen-bond donors (Lipinski definition) is 1. The van der Waals surface area contributed by atoms with Crippen LogP contribution in [0.1, 0.15) is 12.0 Å². The number of carbonyl (C=O) groups is 2. The van der Waals surface area contributed by atoms with Gasteiger partial charge in [0.1, 0.15) is 0 Å². The smallest absolute Gasteiger partial charge is 0.237 e. The van der Waals surface area contributed by atoms with E-state index in [9.17, 15) is 9.59 Å². The Hall–Kier alpha value is -3.06. The van der Waals surface area contributed by atoms with Gasteiger partial charge >= 0.3 is 0 Å². The van der Waals surface area contributed by atoms with E-state index in [1.165, 1.54) is 11.8 Å². The number of thioether (sulfide) groups is 1. The predicted molar refractivity (Wildman–Crippen MR) is 112 cm³/mol. The van der Waals surface area contributed by atoms with Crippen molar-refractivity contribution < 1.29 is 9.59 Å². The number of benzene rings is 2. The summed E-state index contributed by atoms with van der Waals surface area (Å²) in [4.78, 5) is 30.1. The summed E-state index contributed by atoms with van der Waals surface area (Å²) in [7, 11) is 0. The lowest BCUT2D eigenvalue weighted by molar-refractivity contribution is -0.118. The van der Waals surface area contributed by atoms with Crippen LogP contribution in [0.25, 0.3) is 5.69 Å². The fourth-order valence-electron chi connectivity index (χ4n) is 2.85. The van der Waals surface area contributed by atoms with Crippen molar-refractivity contribution in [3.63, 3.8) is 0 Å². The summed E-state index contributed by atoms with van der Waals surface area (Å²) in [5.74, 6) is -0.329. The maximum Gasteiger partial charge on any atom is 0.237 e. The van der Waals surface area contributed by atoms with Crippen LogP contribution < -0.4 is 10.6 Å². The summed E-state index contributed by atoms with van der Waals surface area (Å²) in [6.07, 6.45) is 3.72. The SMILES string of the molecule is Cc1ccccc1-n1ccnc1SCC(=O)N(CCC(N)=O)c1ccccc1. The normalized spacial score (nSPS) is 10.6. The first-order chi connectivity index (χ1) is 13.6. The zero-order valence-corrected chi connectivity index (χ0v) is 16.4. The highest BCUT2D eigenvalue weighted by molar-refractivity contribution is 7.99. The van der Waals surface area contributed by atoms with E-state index in [2.05, 4.69) is 4.98 Å². The van der Waals surface area contributed by atoms with Gasteiger partial charge in [0.05, 0.1) is 11.4 Å². The van der Waals surface area contributed by atoms with Gasteiger partial charge in [-0.05, 0) is 30.7 Å². The second kappa shape index (κ2) is 9.23. The number of rotatable bonds is 8. The molecule has 0 aliphatic carbocycles. The monoisotopic (exact) mass is 394 g/mol. The fraction of sp³-hybridized carbons (Fsp3) is 0.190. The molecule has 0 saturated heterocycles. The molecule has 0 aliphatic rings. The molecule has 6 nitrogen and oxygen atoms in total. The van der Waals surface area contributed by atoms with Crippen molar-refractivity contribution in [3.05, 3.63) is 72.6 Å². The minimum Gasteiger partial charge on any atom is -0.370 e. The highest BCUT2D eigenvalue weighted by Gasteiger charge is 2.18. The molecule has 2 N–H and O–H groups in total. The Morgan fingerprint density at radius 2 is 1.82 bits per heavy atom. The molecule has 144 valence electrons. The molecule has 0 radical (unpaired) electrons. The first kappa shape index (κ1) is 19.7. The highest BCUT2D eigenvalue weighted by atomic mass is 32.2. The largest absolute Gasteiger partial charge is 0.370 e. The molecule has 1 aromatic heterocycles. The number of carbonyl (C=O) groups excluding carboxylic acids is 2. The summed E-state index contributed by atoms with van der Waals surface area (Å²) in [6, 6.07) is 17.3. The van der Waals surface area contributed by atoms with Gasteiger partial charge in [0.25, 0.3) is 0 Å². The Kier molecular flexibility index (Phi) is 6.49. The molecule has 2 aromatic carbocycles. The molecule has 3 rings (SSSR count). The van der Waals surface area contributed by atoms with Gasteiger partial charge in [0, 0.05) is 31.0 Å². The third kappa shape index (κ3) is 4.80. The second-order valence-electron chi connectivity index (χ2n) is 6.25. The zero-order valence-electron chi connectivity index (χ0n) is 15.6. The van der Waals surface area contributed by atoms with Gasteiger partial charge in [-0.1, -0.05) is 48.2 Å². The van der Waals surface area contributed by atoms with Gasteiger partial charge in [-0.25, -0.2) is 4.98 Å². The molecule has 28 heavy (non-hydrogen) atoms. The van der Waals surface area contributed by atoms with Crippen LogP contribution in [0.5, 0.6) is 0 Å². The van der Waals surface area contributed by atoms with E-state index in [-0.39, 0.29) is 24.6 Å². The minimum atomic E-state index is -0.434. The number of nitrogens with two attached hydrogens (primary N) is 1. The quantitative estimate of drug-likeness (QED) is 0.595. The molecule has 7 heteroatoms. The maximum absolute atomic E-state index is 12.9. The third-order valence-corrected chi connectivity index (χ3v) is 5.21. The third-order valence-electron chi connectivity index (χ3n) is 4.26. The molecular weight excluding hydrogens is 372 g/mol. The maximum atomic E-state index is 12.9. The molecule has 0 atom stereocenters. The van der Waals surface area contributed by atoms with E-state index in [0.29, 0.717) is 0 Å². The van der Waals surface area contributed by atoms with E-state index < -0.39 is 5.91 Å². The van der Waals surface area contributed by atoms with E-state index >= 15 is 0 Å². The van der Waals surface area contributed by atoms with Crippen molar-refractivity contribution in [2.75, 3.05) is 17.2 Å². The molecule has 1 heterocycles. The number of imidazole rings is 1. The Morgan fingerprint density at radius 1 is 1.11 bits per heavy atom. The number of para-hydroxylation sites is 2. The van der Waals surface area contributed by atoms with Gasteiger partial charge in [0.2, 0.25) is 11.8 Å². The highest BCUT2D eigenvalue weighted by Crippen LogP contribution is 2.24. The van der Waals surface area contributed by atoms with Crippen LogP contribution in [0.3, 0.4) is 0 Å². The molecule has 3 aromatic rings. The van der Waals surface area contributed by atoms with Crippen LogP contribution in [-0.4, -0.2) is 33.7 Å².